The van der Waals surface area contributed by atoms with Gasteiger partial charge >= 0.3 is 6.18 Å². The fraction of sp³-hybridized carbons (Fsp3) is 0.320. The van der Waals surface area contributed by atoms with E-state index in [1.165, 1.54) is 18.7 Å². The molecule has 1 aromatic heterocycles. The number of rotatable bonds is 4. The Kier molecular flexibility index (Phi) is 6.06. The van der Waals surface area contributed by atoms with E-state index in [1.807, 2.05) is 0 Å². The molecule has 0 saturated carbocycles. The van der Waals surface area contributed by atoms with Gasteiger partial charge in [0.25, 0.3) is 11.8 Å². The van der Waals surface area contributed by atoms with Crippen LogP contribution in [0.5, 0.6) is 0 Å². The molecule has 35 heavy (non-hydrogen) atoms. The Bertz CT molecular complexity index is 1200. The molecular weight excluding hydrogens is 461 g/mol. The number of nitrogens with zero attached hydrogens (tertiary/aromatic N) is 4. The summed E-state index contributed by atoms with van der Waals surface area (Å²) in [7, 11) is 0. The maximum Gasteiger partial charge on any atom is 0.416 e. The molecule has 10 heteroatoms. The summed E-state index contributed by atoms with van der Waals surface area (Å²) < 4.78 is 43.9. The van der Waals surface area contributed by atoms with Crippen LogP contribution in [0.1, 0.15) is 26.4 Å². The number of hydrogen-bond donors (Lipinski definition) is 0. The zero-order chi connectivity index (χ0) is 24.6. The maximum atomic E-state index is 13.0. The fourth-order valence-electron chi connectivity index (χ4n) is 4.49. The van der Waals surface area contributed by atoms with E-state index >= 15 is 0 Å². The molecule has 3 aromatic rings. The topological polar surface area (TPSA) is 69.9 Å². The zero-order valence-corrected chi connectivity index (χ0v) is 18.7. The molecule has 2 fully saturated rings. The summed E-state index contributed by atoms with van der Waals surface area (Å²) in [6.07, 6.45) is -1.82. The number of alkyl halides is 3. The zero-order valence-electron chi connectivity index (χ0n) is 18.7. The molecule has 0 unspecified atom stereocenters. The highest BCUT2D eigenvalue weighted by Gasteiger charge is 2.37. The third kappa shape index (κ3) is 4.79. The van der Waals surface area contributed by atoms with E-state index in [0.29, 0.717) is 48.6 Å². The minimum atomic E-state index is -4.40. The first-order chi connectivity index (χ1) is 16.8. The second kappa shape index (κ2) is 9.18. The van der Waals surface area contributed by atoms with Gasteiger partial charge in [0, 0.05) is 50.9 Å². The van der Waals surface area contributed by atoms with E-state index in [-0.39, 0.29) is 17.9 Å². The van der Waals surface area contributed by atoms with Crippen molar-refractivity contribution in [1.29, 1.82) is 0 Å². The Morgan fingerprint density at radius 3 is 2.23 bits per heavy atom. The molecule has 2 aliphatic heterocycles. The minimum absolute atomic E-state index is 0.100. The number of oxazole rings is 1. The number of halogens is 3. The first-order valence-corrected chi connectivity index (χ1v) is 11.3. The molecule has 5 rings (SSSR count). The van der Waals surface area contributed by atoms with Crippen LogP contribution in [0.3, 0.4) is 0 Å². The second-order valence-electron chi connectivity index (χ2n) is 8.72. The van der Waals surface area contributed by atoms with Crippen molar-refractivity contribution >= 4 is 11.8 Å². The van der Waals surface area contributed by atoms with Gasteiger partial charge in [-0.2, -0.15) is 13.2 Å². The molecule has 0 spiro atoms. The van der Waals surface area contributed by atoms with Crippen LogP contribution in [0.2, 0.25) is 0 Å². The lowest BCUT2D eigenvalue weighted by Crippen LogP contribution is -2.64. The Balaban J connectivity index is 1.14. The number of piperazine rings is 1. The van der Waals surface area contributed by atoms with E-state index in [9.17, 15) is 22.8 Å². The van der Waals surface area contributed by atoms with Crippen molar-refractivity contribution in [2.45, 2.75) is 12.2 Å². The standard InChI is InChI=1S/C25H23F3N4O3/c26-25(27,28)20-3-1-2-19(12-20)17-4-6-18(7-5-17)23(33)32-13-21(14-32)30-8-10-31(11-9-30)24(34)22-15-35-16-29-22/h1-7,12,15-16,21H,8-11,13-14H2. The van der Waals surface area contributed by atoms with E-state index in [0.717, 1.165) is 25.2 Å². The van der Waals surface area contributed by atoms with E-state index < -0.39 is 11.7 Å². The molecule has 2 aliphatic rings. The summed E-state index contributed by atoms with van der Waals surface area (Å²) in [5, 5.41) is 0. The van der Waals surface area contributed by atoms with Crippen molar-refractivity contribution in [3.63, 3.8) is 0 Å². The predicted octanol–water partition coefficient (Wildman–Crippen LogP) is 3.64. The van der Waals surface area contributed by atoms with Crippen LogP contribution in [0, 0.1) is 0 Å². The van der Waals surface area contributed by atoms with Gasteiger partial charge in [0.1, 0.15) is 6.26 Å². The molecule has 0 radical (unpaired) electrons. The monoisotopic (exact) mass is 484 g/mol. The molecule has 0 N–H and O–H groups in total. The van der Waals surface area contributed by atoms with E-state index in [1.54, 1.807) is 40.1 Å². The minimum Gasteiger partial charge on any atom is -0.451 e. The second-order valence-corrected chi connectivity index (χ2v) is 8.72. The quantitative estimate of drug-likeness (QED) is 0.566. The Labute approximate surface area is 199 Å². The maximum absolute atomic E-state index is 13.0. The van der Waals surface area contributed by atoms with Crippen molar-refractivity contribution < 1.29 is 27.2 Å². The Morgan fingerprint density at radius 1 is 0.886 bits per heavy atom. The average Bonchev–Trinajstić information content (AvgIpc) is 3.38. The van der Waals surface area contributed by atoms with Gasteiger partial charge in [0.2, 0.25) is 0 Å². The van der Waals surface area contributed by atoms with Gasteiger partial charge in [-0.15, -0.1) is 0 Å². The molecule has 0 bridgehead atoms. The lowest BCUT2D eigenvalue weighted by molar-refractivity contribution is -0.137. The molecule has 0 aliphatic carbocycles. The summed E-state index contributed by atoms with van der Waals surface area (Å²) in [4.78, 5) is 34.9. The summed E-state index contributed by atoms with van der Waals surface area (Å²) in [6.45, 7) is 3.83. The summed E-state index contributed by atoms with van der Waals surface area (Å²) in [5.74, 6) is -0.242. The summed E-state index contributed by atoms with van der Waals surface area (Å²) in [5.41, 5.74) is 1.17. The molecule has 182 valence electrons. The normalized spacial score (nSPS) is 17.3. The number of benzene rings is 2. The number of amides is 2. The number of likely N-dealkylation sites (tertiary alicyclic amines) is 1. The van der Waals surface area contributed by atoms with Gasteiger partial charge in [-0.25, -0.2) is 4.98 Å². The van der Waals surface area contributed by atoms with Gasteiger partial charge in [-0.3, -0.25) is 14.5 Å². The van der Waals surface area contributed by atoms with Crippen LogP contribution in [-0.2, 0) is 6.18 Å². The van der Waals surface area contributed by atoms with Gasteiger partial charge in [0.15, 0.2) is 12.1 Å². The highest BCUT2D eigenvalue weighted by Crippen LogP contribution is 2.32. The van der Waals surface area contributed by atoms with Crippen molar-refractivity contribution in [3.8, 4) is 11.1 Å². The lowest BCUT2D eigenvalue weighted by Gasteiger charge is -2.48. The lowest BCUT2D eigenvalue weighted by atomic mass is 10.00. The van der Waals surface area contributed by atoms with Crippen LogP contribution in [0.25, 0.3) is 11.1 Å². The van der Waals surface area contributed by atoms with Crippen molar-refractivity contribution in [2.24, 2.45) is 0 Å². The summed E-state index contributed by atoms with van der Waals surface area (Å²) >= 11 is 0. The Morgan fingerprint density at radius 2 is 1.60 bits per heavy atom. The predicted molar refractivity (Wildman–Crippen MR) is 121 cm³/mol. The number of hydrogen-bond acceptors (Lipinski definition) is 5. The van der Waals surface area contributed by atoms with Gasteiger partial charge in [-0.1, -0.05) is 24.3 Å². The number of carbonyl (C=O) groups excluding carboxylic acids is 2. The molecule has 0 atom stereocenters. The highest BCUT2D eigenvalue weighted by atomic mass is 19.4. The molecule has 2 saturated heterocycles. The smallest absolute Gasteiger partial charge is 0.416 e. The third-order valence-corrected chi connectivity index (χ3v) is 6.57. The molecule has 2 aromatic carbocycles. The Hall–Kier alpha value is -3.66. The first kappa shape index (κ1) is 23.1. The average molecular weight is 484 g/mol. The fourth-order valence-corrected chi connectivity index (χ4v) is 4.49. The van der Waals surface area contributed by atoms with Gasteiger partial charge < -0.3 is 14.2 Å². The van der Waals surface area contributed by atoms with Gasteiger partial charge in [-0.05, 0) is 35.4 Å². The molecule has 2 amide bonds. The highest BCUT2D eigenvalue weighted by molar-refractivity contribution is 5.95. The first-order valence-electron chi connectivity index (χ1n) is 11.3. The van der Waals surface area contributed by atoms with Crippen molar-refractivity contribution in [1.82, 2.24) is 19.7 Å². The van der Waals surface area contributed by atoms with Crippen LogP contribution in [0.4, 0.5) is 13.2 Å². The molecule has 7 nitrogen and oxygen atoms in total. The molecular formula is C25H23F3N4O3. The van der Waals surface area contributed by atoms with Gasteiger partial charge in [0.05, 0.1) is 5.56 Å². The van der Waals surface area contributed by atoms with E-state index in [2.05, 4.69) is 9.88 Å². The third-order valence-electron chi connectivity index (χ3n) is 6.57. The SMILES string of the molecule is O=C(c1ccc(-c2cccc(C(F)(F)F)c2)cc1)N1CC(N2CCN(C(=O)c3cocn3)CC2)C1. The number of carbonyl (C=O) groups is 2. The summed E-state index contributed by atoms with van der Waals surface area (Å²) in [6, 6.07) is 12.0. The molecule has 3 heterocycles. The van der Waals surface area contributed by atoms with Crippen molar-refractivity contribution in [3.05, 3.63) is 78.0 Å². The largest absolute Gasteiger partial charge is 0.451 e. The van der Waals surface area contributed by atoms with E-state index in [4.69, 9.17) is 4.42 Å². The van der Waals surface area contributed by atoms with Crippen LogP contribution in [0.15, 0.2) is 65.6 Å². The number of aromatic nitrogens is 1. The van der Waals surface area contributed by atoms with Crippen LogP contribution < -0.4 is 0 Å². The van der Waals surface area contributed by atoms with Crippen LogP contribution >= 0.6 is 0 Å². The van der Waals surface area contributed by atoms with Crippen molar-refractivity contribution in [2.75, 3.05) is 39.3 Å². The van der Waals surface area contributed by atoms with Crippen LogP contribution in [-0.4, -0.2) is 76.8 Å².